The summed E-state index contributed by atoms with van der Waals surface area (Å²) in [7, 11) is -3.66. The summed E-state index contributed by atoms with van der Waals surface area (Å²) in [6, 6.07) is 29.1. The maximum Gasteiger partial charge on any atom is 0.338 e. The highest BCUT2D eigenvalue weighted by Gasteiger charge is 2.18. The van der Waals surface area contributed by atoms with Crippen LogP contribution in [0.5, 0.6) is 11.5 Å². The van der Waals surface area contributed by atoms with Crippen LogP contribution < -0.4 is 9.46 Å². The number of carbonyl (C=O) groups excluding carboxylic acids is 1. The minimum absolute atomic E-state index is 0.0873. The third-order valence-electron chi connectivity index (χ3n) is 5.65. The fourth-order valence-corrected chi connectivity index (χ4v) is 5.21. The largest absolute Gasteiger partial charge is 0.457 e. The number of ether oxygens (including phenoxy) is 2. The Bertz CT molecular complexity index is 1530. The number of esters is 1. The van der Waals surface area contributed by atoms with Crippen molar-refractivity contribution in [1.82, 2.24) is 4.72 Å². The van der Waals surface area contributed by atoms with Gasteiger partial charge in [0.1, 0.15) is 17.1 Å². The molecule has 0 unspecified atom stereocenters. The highest BCUT2D eigenvalue weighted by molar-refractivity contribution is 7.88. The van der Waals surface area contributed by atoms with Gasteiger partial charge in [0.05, 0.1) is 11.3 Å². The van der Waals surface area contributed by atoms with Gasteiger partial charge in [0.15, 0.2) is 0 Å². The van der Waals surface area contributed by atoms with E-state index in [1.165, 1.54) is 0 Å². The Morgan fingerprint density at radius 2 is 1.44 bits per heavy atom. The van der Waals surface area contributed by atoms with Crippen LogP contribution in [0, 0.1) is 0 Å². The Labute approximate surface area is 234 Å². The number of nitrogens with one attached hydrogen (secondary N) is 1. The van der Waals surface area contributed by atoms with E-state index in [0.717, 1.165) is 16.9 Å². The van der Waals surface area contributed by atoms with Gasteiger partial charge in [0, 0.05) is 11.6 Å². The van der Waals surface area contributed by atoms with Crippen LogP contribution in [0.3, 0.4) is 0 Å². The quantitative estimate of drug-likeness (QED) is 0.215. The van der Waals surface area contributed by atoms with E-state index in [-0.39, 0.29) is 12.3 Å². The molecule has 0 fully saturated rings. The van der Waals surface area contributed by atoms with Gasteiger partial charge in [-0.2, -0.15) is 0 Å². The second-order valence-electron chi connectivity index (χ2n) is 10.0. The SMILES string of the molecule is CC(C)(C)OC(=O)c1ccc(CNS(=O)(=O)Cc2ccc(-c3ccc(Oc4ccccc4)cc3)cc2Cl)cc1. The fourth-order valence-electron chi connectivity index (χ4n) is 3.73. The van der Waals surface area contributed by atoms with Crippen molar-refractivity contribution in [1.29, 1.82) is 0 Å². The van der Waals surface area contributed by atoms with Gasteiger partial charge in [0.2, 0.25) is 10.0 Å². The molecule has 0 radical (unpaired) electrons. The molecule has 8 heteroatoms. The van der Waals surface area contributed by atoms with Crippen LogP contribution in [-0.4, -0.2) is 20.0 Å². The van der Waals surface area contributed by atoms with E-state index < -0.39 is 21.6 Å². The Hall–Kier alpha value is -3.65. The van der Waals surface area contributed by atoms with Crippen molar-refractivity contribution in [3.63, 3.8) is 0 Å². The summed E-state index contributed by atoms with van der Waals surface area (Å²) < 4.78 is 39.3. The lowest BCUT2D eigenvalue weighted by Gasteiger charge is -2.19. The zero-order chi connectivity index (χ0) is 28.0. The van der Waals surface area contributed by atoms with E-state index in [1.54, 1.807) is 57.2 Å². The summed E-state index contributed by atoms with van der Waals surface area (Å²) in [5.74, 6) is 0.783. The second-order valence-corrected chi connectivity index (χ2v) is 12.2. The van der Waals surface area contributed by atoms with Crippen LogP contribution in [0.2, 0.25) is 5.02 Å². The average molecular weight is 564 g/mol. The van der Waals surface area contributed by atoms with E-state index in [2.05, 4.69) is 4.72 Å². The smallest absolute Gasteiger partial charge is 0.338 e. The molecule has 202 valence electrons. The van der Waals surface area contributed by atoms with E-state index >= 15 is 0 Å². The highest BCUT2D eigenvalue weighted by Crippen LogP contribution is 2.29. The first-order valence-corrected chi connectivity index (χ1v) is 14.4. The molecule has 0 spiro atoms. The molecule has 0 aliphatic heterocycles. The number of hydrogen-bond donors (Lipinski definition) is 1. The molecule has 0 saturated heterocycles. The Balaban J connectivity index is 1.35. The summed E-state index contributed by atoms with van der Waals surface area (Å²) in [6.45, 7) is 5.49. The van der Waals surface area contributed by atoms with Crippen LogP contribution in [-0.2, 0) is 27.1 Å². The number of benzene rings is 4. The number of rotatable bonds is 9. The minimum Gasteiger partial charge on any atom is -0.457 e. The lowest BCUT2D eigenvalue weighted by Crippen LogP contribution is -2.25. The topological polar surface area (TPSA) is 81.7 Å². The standard InChI is InChI=1S/C31H30ClNO5S/c1-31(2,3)38-30(34)24-11-9-22(10-12-24)20-33-39(35,36)21-26-14-13-25(19-29(26)32)23-15-17-28(18-16-23)37-27-7-5-4-6-8-27/h4-19,33H,20-21H2,1-3H3. The molecule has 6 nitrogen and oxygen atoms in total. The number of halogens is 1. The van der Waals surface area contributed by atoms with E-state index in [4.69, 9.17) is 21.1 Å². The van der Waals surface area contributed by atoms with Gasteiger partial charge in [-0.15, -0.1) is 0 Å². The molecule has 0 heterocycles. The van der Waals surface area contributed by atoms with Crippen LogP contribution >= 0.6 is 11.6 Å². The first kappa shape index (κ1) is 28.4. The van der Waals surface area contributed by atoms with Crippen molar-refractivity contribution in [2.45, 2.75) is 38.7 Å². The van der Waals surface area contributed by atoms with Crippen molar-refractivity contribution >= 4 is 27.6 Å². The average Bonchev–Trinajstić information content (AvgIpc) is 2.89. The second kappa shape index (κ2) is 12.0. The predicted molar refractivity (Wildman–Crippen MR) is 154 cm³/mol. The monoisotopic (exact) mass is 563 g/mol. The molecule has 0 aliphatic carbocycles. The predicted octanol–water partition coefficient (Wildman–Crippen LogP) is 7.37. The molecule has 0 amide bonds. The third kappa shape index (κ3) is 8.42. The molecular formula is C31H30ClNO5S. The van der Waals surface area contributed by atoms with Crippen molar-refractivity contribution in [2.75, 3.05) is 0 Å². The van der Waals surface area contributed by atoms with Crippen molar-refractivity contribution in [3.8, 4) is 22.6 Å². The highest BCUT2D eigenvalue weighted by atomic mass is 35.5. The molecule has 0 aliphatic rings. The fraction of sp³-hybridized carbons (Fsp3) is 0.194. The van der Waals surface area contributed by atoms with Crippen molar-refractivity contribution in [2.24, 2.45) is 0 Å². The first-order chi connectivity index (χ1) is 18.5. The van der Waals surface area contributed by atoms with Gasteiger partial charge in [0.25, 0.3) is 0 Å². The number of para-hydroxylation sites is 1. The molecule has 1 N–H and O–H groups in total. The number of hydrogen-bond acceptors (Lipinski definition) is 5. The van der Waals surface area contributed by atoms with Gasteiger partial charge in [-0.25, -0.2) is 17.9 Å². The summed E-state index contributed by atoms with van der Waals surface area (Å²) in [6.07, 6.45) is 0. The molecule has 4 aromatic rings. The van der Waals surface area contributed by atoms with Crippen LogP contribution in [0.25, 0.3) is 11.1 Å². The molecule has 4 aromatic carbocycles. The summed E-state index contributed by atoms with van der Waals surface area (Å²) in [5.41, 5.74) is 2.82. The zero-order valence-corrected chi connectivity index (χ0v) is 23.6. The van der Waals surface area contributed by atoms with Crippen LogP contribution in [0.1, 0.15) is 42.3 Å². The van der Waals surface area contributed by atoms with E-state index in [9.17, 15) is 13.2 Å². The minimum atomic E-state index is -3.66. The third-order valence-corrected chi connectivity index (χ3v) is 7.28. The molecule has 0 atom stereocenters. The Morgan fingerprint density at radius 3 is 2.05 bits per heavy atom. The van der Waals surface area contributed by atoms with Crippen LogP contribution in [0.15, 0.2) is 97.1 Å². The summed E-state index contributed by atoms with van der Waals surface area (Å²) in [4.78, 5) is 12.2. The van der Waals surface area contributed by atoms with E-state index in [0.29, 0.717) is 27.5 Å². The molecule has 39 heavy (non-hydrogen) atoms. The van der Waals surface area contributed by atoms with Crippen LogP contribution in [0.4, 0.5) is 0 Å². The zero-order valence-electron chi connectivity index (χ0n) is 22.0. The van der Waals surface area contributed by atoms with Gasteiger partial charge >= 0.3 is 5.97 Å². The molecular weight excluding hydrogens is 534 g/mol. The van der Waals surface area contributed by atoms with Gasteiger partial charge in [-0.1, -0.05) is 66.2 Å². The molecule has 0 aromatic heterocycles. The molecule has 0 saturated carbocycles. The van der Waals surface area contributed by atoms with Gasteiger partial charge in [-0.3, -0.25) is 0 Å². The molecule has 0 bridgehead atoms. The lowest BCUT2D eigenvalue weighted by atomic mass is 10.0. The molecule has 4 rings (SSSR count). The van der Waals surface area contributed by atoms with Crippen molar-refractivity contribution in [3.05, 3.63) is 119 Å². The Morgan fingerprint density at radius 1 is 0.821 bits per heavy atom. The van der Waals surface area contributed by atoms with Crippen molar-refractivity contribution < 1.29 is 22.7 Å². The normalized spacial score (nSPS) is 11.7. The maximum atomic E-state index is 12.7. The number of sulfonamides is 1. The van der Waals surface area contributed by atoms with Gasteiger partial charge < -0.3 is 9.47 Å². The number of carbonyl (C=O) groups is 1. The first-order valence-electron chi connectivity index (χ1n) is 12.4. The summed E-state index contributed by atoms with van der Waals surface area (Å²) in [5, 5.41) is 0.365. The van der Waals surface area contributed by atoms with E-state index in [1.807, 2.05) is 60.7 Å². The maximum absolute atomic E-state index is 12.7. The van der Waals surface area contributed by atoms with Gasteiger partial charge in [-0.05, 0) is 85.5 Å². The lowest BCUT2D eigenvalue weighted by molar-refractivity contribution is 0.00694. The summed E-state index contributed by atoms with van der Waals surface area (Å²) >= 11 is 6.47. The Kier molecular flexibility index (Phi) is 8.75.